The number of benzene rings is 2. The Morgan fingerprint density at radius 3 is 2.44 bits per heavy atom. The van der Waals surface area contributed by atoms with Crippen LogP contribution in [0.2, 0.25) is 0 Å². The predicted molar refractivity (Wildman–Crippen MR) is 109 cm³/mol. The van der Waals surface area contributed by atoms with Crippen molar-refractivity contribution in [3.63, 3.8) is 0 Å². The fourth-order valence-corrected chi connectivity index (χ4v) is 4.16. The fraction of sp³-hybridized carbons (Fsp3) is 0.350. The molecule has 0 atom stereocenters. The third-order valence-corrected chi connectivity index (χ3v) is 5.93. The number of carbonyl (C=O) groups is 1. The monoisotopic (exact) mass is 389 g/mol. The van der Waals surface area contributed by atoms with Crippen molar-refractivity contribution in [2.45, 2.75) is 24.7 Å². The Hall–Kier alpha value is -2.38. The lowest BCUT2D eigenvalue weighted by atomic mass is 10.2. The first-order chi connectivity index (χ1) is 13.0. The van der Waals surface area contributed by atoms with Crippen molar-refractivity contribution in [1.82, 2.24) is 10.6 Å². The molecule has 2 N–H and O–H groups in total. The first-order valence-corrected chi connectivity index (χ1v) is 10.6. The first-order valence-electron chi connectivity index (χ1n) is 9.11. The molecule has 7 heteroatoms. The number of rotatable bonds is 10. The Bertz CT molecular complexity index is 839. The second-order valence-corrected chi connectivity index (χ2v) is 8.02. The molecule has 0 radical (unpaired) electrons. The van der Waals surface area contributed by atoms with Gasteiger partial charge in [0, 0.05) is 25.2 Å². The summed E-state index contributed by atoms with van der Waals surface area (Å²) in [5.74, 6) is -0.290. The van der Waals surface area contributed by atoms with Crippen molar-refractivity contribution in [3.8, 4) is 0 Å². The van der Waals surface area contributed by atoms with Crippen molar-refractivity contribution in [3.05, 3.63) is 60.2 Å². The number of anilines is 1. The molecule has 0 fully saturated rings. The molecule has 0 aromatic heterocycles. The number of sulfonamides is 1. The van der Waals surface area contributed by atoms with Crippen LogP contribution in [0.1, 0.15) is 30.1 Å². The van der Waals surface area contributed by atoms with E-state index < -0.39 is 10.0 Å². The van der Waals surface area contributed by atoms with Gasteiger partial charge in [-0.25, -0.2) is 8.42 Å². The van der Waals surface area contributed by atoms with E-state index in [9.17, 15) is 13.2 Å². The molecule has 0 spiro atoms. The quantitative estimate of drug-likeness (QED) is 0.613. The normalized spacial score (nSPS) is 11.2. The summed E-state index contributed by atoms with van der Waals surface area (Å²) in [7, 11) is -1.97. The number of likely N-dealkylation sites (N-methyl/N-ethyl adjacent to an activating group) is 1. The number of amides is 1. The maximum atomic E-state index is 13.3. The average molecular weight is 390 g/mol. The van der Waals surface area contributed by atoms with E-state index in [1.165, 1.54) is 16.4 Å². The molecular formula is C20H27N3O3S. The van der Waals surface area contributed by atoms with Crippen LogP contribution in [-0.2, 0) is 10.0 Å². The Morgan fingerprint density at radius 2 is 1.78 bits per heavy atom. The first kappa shape index (κ1) is 20.9. The predicted octanol–water partition coefficient (Wildman–Crippen LogP) is 2.63. The van der Waals surface area contributed by atoms with Gasteiger partial charge in [-0.05, 0) is 43.8 Å². The van der Waals surface area contributed by atoms with Gasteiger partial charge in [0.25, 0.3) is 15.9 Å². The van der Waals surface area contributed by atoms with Gasteiger partial charge < -0.3 is 10.6 Å². The van der Waals surface area contributed by atoms with Crippen molar-refractivity contribution in [2.75, 3.05) is 31.0 Å². The van der Waals surface area contributed by atoms with Gasteiger partial charge in [0.1, 0.15) is 0 Å². The molecular weight excluding hydrogens is 362 g/mol. The molecule has 0 saturated heterocycles. The summed E-state index contributed by atoms with van der Waals surface area (Å²) in [6.07, 6.45) is 1.63. The summed E-state index contributed by atoms with van der Waals surface area (Å²) in [6.45, 7) is 3.52. The molecule has 6 nitrogen and oxygen atoms in total. The van der Waals surface area contributed by atoms with Crippen LogP contribution in [0.5, 0.6) is 0 Å². The lowest BCUT2D eigenvalue weighted by Gasteiger charge is -2.24. The maximum absolute atomic E-state index is 13.3. The average Bonchev–Trinajstić information content (AvgIpc) is 2.69. The smallest absolute Gasteiger partial charge is 0.264 e. The SMILES string of the molecule is CCCCN(c1ccccc1)S(=O)(=O)c1cccc(C(=O)NCCNC)c1. The molecule has 146 valence electrons. The lowest BCUT2D eigenvalue weighted by molar-refractivity contribution is 0.0954. The molecule has 0 bridgehead atoms. The van der Waals surface area contributed by atoms with E-state index in [2.05, 4.69) is 10.6 Å². The van der Waals surface area contributed by atoms with Gasteiger partial charge in [0.15, 0.2) is 0 Å². The Morgan fingerprint density at radius 1 is 1.04 bits per heavy atom. The molecule has 0 heterocycles. The van der Waals surface area contributed by atoms with Gasteiger partial charge in [0.05, 0.1) is 10.6 Å². The Labute approximate surface area is 161 Å². The highest BCUT2D eigenvalue weighted by molar-refractivity contribution is 7.92. The molecule has 0 aliphatic heterocycles. The fourth-order valence-electron chi connectivity index (χ4n) is 2.61. The zero-order valence-corrected chi connectivity index (χ0v) is 16.6. The highest BCUT2D eigenvalue weighted by Crippen LogP contribution is 2.24. The summed E-state index contributed by atoms with van der Waals surface area (Å²) < 4.78 is 27.9. The van der Waals surface area contributed by atoms with Gasteiger partial charge in [-0.2, -0.15) is 0 Å². The van der Waals surface area contributed by atoms with Crippen LogP contribution < -0.4 is 14.9 Å². The van der Waals surface area contributed by atoms with Gasteiger partial charge in [-0.15, -0.1) is 0 Å². The van der Waals surface area contributed by atoms with Gasteiger partial charge in [-0.1, -0.05) is 37.6 Å². The van der Waals surface area contributed by atoms with Gasteiger partial charge in [0.2, 0.25) is 0 Å². The number of para-hydroxylation sites is 1. The molecule has 2 aromatic rings. The van der Waals surface area contributed by atoms with Crippen LogP contribution in [0.3, 0.4) is 0 Å². The van der Waals surface area contributed by atoms with E-state index in [0.717, 1.165) is 12.8 Å². The second kappa shape index (κ2) is 10.1. The standard InChI is InChI=1S/C20H27N3O3S/c1-3-4-15-23(18-10-6-5-7-11-18)27(25,26)19-12-8-9-17(16-19)20(24)22-14-13-21-2/h5-12,16,21H,3-4,13-15H2,1-2H3,(H,22,24). The van der Waals surface area contributed by atoms with Crippen molar-refractivity contribution < 1.29 is 13.2 Å². The minimum absolute atomic E-state index is 0.115. The number of nitrogens with zero attached hydrogens (tertiary/aromatic N) is 1. The molecule has 0 aliphatic rings. The number of carbonyl (C=O) groups excluding carboxylic acids is 1. The second-order valence-electron chi connectivity index (χ2n) is 6.15. The van der Waals surface area contributed by atoms with Gasteiger partial charge >= 0.3 is 0 Å². The van der Waals surface area contributed by atoms with E-state index in [-0.39, 0.29) is 10.8 Å². The minimum Gasteiger partial charge on any atom is -0.351 e. The van der Waals surface area contributed by atoms with E-state index in [0.29, 0.717) is 30.9 Å². The molecule has 0 unspecified atom stereocenters. The lowest BCUT2D eigenvalue weighted by Crippen LogP contribution is -2.33. The van der Waals surface area contributed by atoms with Gasteiger partial charge in [-0.3, -0.25) is 9.10 Å². The van der Waals surface area contributed by atoms with Crippen LogP contribution in [0.15, 0.2) is 59.5 Å². The van der Waals surface area contributed by atoms with E-state index >= 15 is 0 Å². The van der Waals surface area contributed by atoms with Crippen molar-refractivity contribution in [1.29, 1.82) is 0 Å². The Kier molecular flexibility index (Phi) is 7.82. The highest BCUT2D eigenvalue weighted by atomic mass is 32.2. The zero-order valence-electron chi connectivity index (χ0n) is 15.8. The molecule has 2 rings (SSSR count). The zero-order chi connectivity index (χ0) is 19.7. The minimum atomic E-state index is -3.77. The summed E-state index contributed by atoms with van der Waals surface area (Å²) in [6, 6.07) is 15.2. The summed E-state index contributed by atoms with van der Waals surface area (Å²) in [4.78, 5) is 12.4. The molecule has 0 saturated carbocycles. The number of nitrogens with one attached hydrogen (secondary N) is 2. The molecule has 27 heavy (non-hydrogen) atoms. The van der Waals surface area contributed by atoms with Crippen LogP contribution in [0.25, 0.3) is 0 Å². The molecule has 0 aliphatic carbocycles. The third kappa shape index (κ3) is 5.55. The summed E-state index contributed by atoms with van der Waals surface area (Å²) in [5, 5.41) is 5.71. The topological polar surface area (TPSA) is 78.5 Å². The van der Waals surface area contributed by atoms with E-state index in [4.69, 9.17) is 0 Å². The van der Waals surface area contributed by atoms with Crippen molar-refractivity contribution >= 4 is 21.6 Å². The van der Waals surface area contributed by atoms with Crippen LogP contribution in [0.4, 0.5) is 5.69 Å². The maximum Gasteiger partial charge on any atom is 0.264 e. The van der Waals surface area contributed by atoms with Crippen molar-refractivity contribution in [2.24, 2.45) is 0 Å². The largest absolute Gasteiger partial charge is 0.351 e. The van der Waals surface area contributed by atoms with Crippen LogP contribution in [-0.4, -0.2) is 41.0 Å². The Balaban J connectivity index is 2.32. The summed E-state index contributed by atoms with van der Waals surface area (Å²) in [5.41, 5.74) is 0.950. The van der Waals surface area contributed by atoms with E-state index in [1.807, 2.05) is 25.1 Å². The number of hydrogen-bond donors (Lipinski definition) is 2. The highest BCUT2D eigenvalue weighted by Gasteiger charge is 2.25. The molecule has 1 amide bonds. The van der Waals surface area contributed by atoms with Crippen LogP contribution >= 0.6 is 0 Å². The van der Waals surface area contributed by atoms with E-state index in [1.54, 1.807) is 31.3 Å². The number of unbranched alkanes of at least 4 members (excludes halogenated alkanes) is 1. The third-order valence-electron chi connectivity index (χ3n) is 4.10. The number of hydrogen-bond acceptors (Lipinski definition) is 4. The molecule has 2 aromatic carbocycles. The summed E-state index contributed by atoms with van der Waals surface area (Å²) >= 11 is 0. The van der Waals surface area contributed by atoms with Crippen LogP contribution in [0, 0.1) is 0 Å².